The van der Waals surface area contributed by atoms with E-state index >= 15 is 0 Å². The van der Waals surface area contributed by atoms with Crippen molar-refractivity contribution in [3.63, 3.8) is 0 Å². The molecule has 3 saturated heterocycles. The maximum absolute atomic E-state index is 12.5. The Morgan fingerprint density at radius 1 is 1.03 bits per heavy atom. The van der Waals surface area contributed by atoms with Gasteiger partial charge >= 0.3 is 0 Å². The molecule has 0 aromatic carbocycles. The fourth-order valence-electron chi connectivity index (χ4n) is 5.26. The monoisotopic (exact) mass is 558 g/mol. The van der Waals surface area contributed by atoms with Crippen LogP contribution < -0.4 is 5.32 Å². The van der Waals surface area contributed by atoms with Gasteiger partial charge in [0.15, 0.2) is 11.7 Å². The highest BCUT2D eigenvalue weighted by molar-refractivity contribution is 14.0. The summed E-state index contributed by atoms with van der Waals surface area (Å²) in [5.41, 5.74) is 0.222. The van der Waals surface area contributed by atoms with Crippen molar-refractivity contribution in [2.45, 2.75) is 37.6 Å². The van der Waals surface area contributed by atoms with E-state index in [1.807, 2.05) is 11.9 Å². The van der Waals surface area contributed by atoms with Gasteiger partial charge in [-0.15, -0.1) is 24.0 Å². The van der Waals surface area contributed by atoms with Crippen molar-refractivity contribution in [2.24, 2.45) is 4.99 Å². The van der Waals surface area contributed by atoms with Gasteiger partial charge in [-0.1, -0.05) is 6.42 Å². The Bertz CT molecular complexity index is 734. The quantitative estimate of drug-likeness (QED) is 0.347. The molecule has 4 rings (SSSR count). The number of rotatable bonds is 4. The molecule has 1 aromatic heterocycles. The van der Waals surface area contributed by atoms with E-state index < -0.39 is 0 Å². The number of nitrogens with one attached hydrogen (secondary N) is 1. The summed E-state index contributed by atoms with van der Waals surface area (Å²) in [6.07, 6.45) is 7.97. The molecule has 4 heterocycles. The molecule has 32 heavy (non-hydrogen) atoms. The number of carbonyl (C=O) groups excluding carboxylic acids is 1. The third kappa shape index (κ3) is 5.77. The molecule has 0 bridgehead atoms. The summed E-state index contributed by atoms with van der Waals surface area (Å²) < 4.78 is 5.28. The number of amides is 1. The van der Waals surface area contributed by atoms with Crippen LogP contribution in [0.1, 0.15) is 42.7 Å². The van der Waals surface area contributed by atoms with E-state index in [-0.39, 0.29) is 35.4 Å². The minimum atomic E-state index is -0.0250. The first-order chi connectivity index (χ1) is 15.1. The van der Waals surface area contributed by atoms with Crippen LogP contribution in [0.15, 0.2) is 27.8 Å². The molecule has 0 unspecified atom stereocenters. The molecule has 0 aliphatic carbocycles. The van der Waals surface area contributed by atoms with Crippen LogP contribution in [0.4, 0.5) is 0 Å². The topological polar surface area (TPSA) is 67.6 Å². The zero-order valence-corrected chi connectivity index (χ0v) is 21.9. The molecule has 3 fully saturated rings. The van der Waals surface area contributed by atoms with E-state index in [1.165, 1.54) is 45.2 Å². The fourth-order valence-corrected chi connectivity index (χ4v) is 5.26. The Morgan fingerprint density at radius 2 is 1.69 bits per heavy atom. The molecular weight excluding hydrogens is 519 g/mol. The van der Waals surface area contributed by atoms with Gasteiger partial charge in [0.25, 0.3) is 5.91 Å². The lowest BCUT2D eigenvalue weighted by atomic mass is 9.84. The van der Waals surface area contributed by atoms with Gasteiger partial charge in [0.05, 0.1) is 6.26 Å². The number of piperazine rings is 1. The van der Waals surface area contributed by atoms with Crippen LogP contribution in [-0.2, 0) is 0 Å². The summed E-state index contributed by atoms with van der Waals surface area (Å²) >= 11 is 0. The standard InChI is InChI=1S/C23H38N6O2.HI/c1-24-22(28-16-14-27(15-17-28)21(30)20-7-6-18-31-20)25-19-23(8-12-26(2)13-9-23)29-10-4-3-5-11-29;/h6-7,18H,3-5,8-17,19H2,1-2H3,(H,24,25);1H. The zero-order valence-electron chi connectivity index (χ0n) is 19.6. The molecule has 0 saturated carbocycles. The highest BCUT2D eigenvalue weighted by Crippen LogP contribution is 2.31. The van der Waals surface area contributed by atoms with Crippen molar-refractivity contribution in [3.8, 4) is 0 Å². The predicted molar refractivity (Wildman–Crippen MR) is 138 cm³/mol. The van der Waals surface area contributed by atoms with Crippen molar-refractivity contribution in [3.05, 3.63) is 24.2 Å². The predicted octanol–water partition coefficient (Wildman–Crippen LogP) is 2.18. The summed E-state index contributed by atoms with van der Waals surface area (Å²) in [5, 5.41) is 3.73. The Morgan fingerprint density at radius 3 is 2.28 bits per heavy atom. The molecule has 0 spiro atoms. The maximum atomic E-state index is 12.5. The van der Waals surface area contributed by atoms with E-state index in [9.17, 15) is 4.79 Å². The minimum absolute atomic E-state index is 0. The molecule has 1 amide bonds. The highest BCUT2D eigenvalue weighted by Gasteiger charge is 2.40. The van der Waals surface area contributed by atoms with Crippen LogP contribution in [0.5, 0.6) is 0 Å². The molecule has 3 aliphatic heterocycles. The summed E-state index contributed by atoms with van der Waals surface area (Å²) in [4.78, 5) is 26.5. The van der Waals surface area contributed by atoms with Crippen LogP contribution in [0, 0.1) is 0 Å². The molecule has 8 nitrogen and oxygen atoms in total. The van der Waals surface area contributed by atoms with E-state index in [2.05, 4.69) is 32.1 Å². The minimum Gasteiger partial charge on any atom is -0.459 e. The number of guanidine groups is 1. The Kier molecular flexibility index (Phi) is 9.24. The normalized spacial score (nSPS) is 23.0. The van der Waals surface area contributed by atoms with Crippen LogP contribution in [0.3, 0.4) is 0 Å². The molecule has 9 heteroatoms. The van der Waals surface area contributed by atoms with Gasteiger partial charge in [-0.2, -0.15) is 0 Å². The molecule has 0 radical (unpaired) electrons. The van der Waals surface area contributed by atoms with Crippen LogP contribution in [0.2, 0.25) is 0 Å². The Labute approximate surface area is 209 Å². The third-order valence-electron chi connectivity index (χ3n) is 7.33. The number of piperidine rings is 2. The number of halogens is 1. The van der Waals surface area contributed by atoms with Gasteiger partial charge in [-0.3, -0.25) is 14.7 Å². The van der Waals surface area contributed by atoms with Gasteiger partial charge < -0.3 is 24.4 Å². The van der Waals surface area contributed by atoms with Gasteiger partial charge in [-0.25, -0.2) is 0 Å². The second kappa shape index (κ2) is 11.7. The third-order valence-corrected chi connectivity index (χ3v) is 7.33. The smallest absolute Gasteiger partial charge is 0.289 e. The molecular formula is C23H39IN6O2. The highest BCUT2D eigenvalue weighted by atomic mass is 127. The number of hydrogen-bond acceptors (Lipinski definition) is 5. The number of aliphatic imine (C=N–C) groups is 1. The van der Waals surface area contributed by atoms with Crippen molar-refractivity contribution in [1.82, 2.24) is 24.9 Å². The molecule has 180 valence electrons. The first-order valence-electron chi connectivity index (χ1n) is 11.8. The second-order valence-electron chi connectivity index (χ2n) is 9.23. The van der Waals surface area contributed by atoms with E-state index in [0.717, 1.165) is 38.7 Å². The lowest BCUT2D eigenvalue weighted by molar-refractivity contribution is 0.0167. The average Bonchev–Trinajstić information content (AvgIpc) is 3.36. The van der Waals surface area contributed by atoms with E-state index in [1.54, 1.807) is 18.4 Å². The molecule has 0 atom stereocenters. The largest absolute Gasteiger partial charge is 0.459 e. The van der Waals surface area contributed by atoms with Crippen LogP contribution >= 0.6 is 24.0 Å². The van der Waals surface area contributed by atoms with Crippen molar-refractivity contribution in [1.29, 1.82) is 0 Å². The second-order valence-corrected chi connectivity index (χ2v) is 9.23. The number of carbonyl (C=O) groups is 1. The molecule has 1 N–H and O–H groups in total. The summed E-state index contributed by atoms with van der Waals surface area (Å²) in [7, 11) is 4.10. The lowest BCUT2D eigenvalue weighted by Gasteiger charge is -2.50. The molecule has 1 aromatic rings. The maximum Gasteiger partial charge on any atom is 0.289 e. The average molecular weight is 559 g/mol. The van der Waals surface area contributed by atoms with Crippen LogP contribution in [-0.4, -0.2) is 110 Å². The van der Waals surface area contributed by atoms with E-state index in [4.69, 9.17) is 4.42 Å². The van der Waals surface area contributed by atoms with Crippen molar-refractivity contribution in [2.75, 3.05) is 73.0 Å². The Hall–Kier alpha value is -1.33. The van der Waals surface area contributed by atoms with Gasteiger partial charge in [0.2, 0.25) is 0 Å². The van der Waals surface area contributed by atoms with Crippen molar-refractivity contribution < 1.29 is 9.21 Å². The molecule has 3 aliphatic rings. The summed E-state index contributed by atoms with van der Waals surface area (Å²) in [6.45, 7) is 8.63. The first kappa shape index (κ1) is 25.3. The van der Waals surface area contributed by atoms with Gasteiger partial charge in [0, 0.05) is 45.3 Å². The number of likely N-dealkylation sites (tertiary alicyclic amines) is 2. The zero-order chi connectivity index (χ0) is 21.7. The number of nitrogens with zero attached hydrogens (tertiary/aromatic N) is 5. The van der Waals surface area contributed by atoms with Gasteiger partial charge in [0.1, 0.15) is 0 Å². The summed E-state index contributed by atoms with van der Waals surface area (Å²) in [6, 6.07) is 3.49. The van der Waals surface area contributed by atoms with E-state index in [0.29, 0.717) is 18.8 Å². The van der Waals surface area contributed by atoms with Gasteiger partial charge in [-0.05, 0) is 71.0 Å². The first-order valence-corrected chi connectivity index (χ1v) is 11.8. The fraction of sp³-hybridized carbons (Fsp3) is 0.739. The summed E-state index contributed by atoms with van der Waals surface area (Å²) in [5.74, 6) is 1.35. The SMILES string of the molecule is CN=C(NCC1(N2CCCCC2)CCN(C)CC1)N1CCN(C(=O)c2ccco2)CC1.I. The Balaban J connectivity index is 0.00000289. The number of furan rings is 1. The lowest BCUT2D eigenvalue weighted by Crippen LogP contribution is -2.63. The number of hydrogen-bond donors (Lipinski definition) is 1. The van der Waals surface area contributed by atoms with Crippen LogP contribution in [0.25, 0.3) is 0 Å². The van der Waals surface area contributed by atoms with Crippen molar-refractivity contribution >= 4 is 35.8 Å².